The van der Waals surface area contributed by atoms with Crippen molar-refractivity contribution in [2.75, 3.05) is 79.9 Å². The Morgan fingerprint density at radius 3 is 1.98 bits per heavy atom. The standard InChI is InChI=1S/C26H43N5O8.C7H7NO.C7H8.C3H8N2O/c1-18(17-32)27-24(35)19(10-14-38-23(34)16-28(2)3)30(5)25(36)20-8-7-13-31(20)22(33)11-15-39-26(37)21-9-6-12-29(21)4;9-6-8-7-4-2-1-3-5-7;1-7-5-3-2-4-6-7;1-5-2-3(4)6/h17-21H,6-16H2,1-5H3,(H,27,35);1-6H,(H,8,9);2-6H,1H3;5H,2H2,1H3,(H2,4,6). The molecular weight excluding hydrogens is 789 g/mol. The van der Waals surface area contributed by atoms with Gasteiger partial charge >= 0.3 is 11.9 Å². The van der Waals surface area contributed by atoms with E-state index in [1.807, 2.05) is 60.5 Å². The fraction of sp³-hybridized carbons (Fsp3) is 0.535. The molecule has 338 valence electrons. The van der Waals surface area contributed by atoms with Gasteiger partial charge in [0.05, 0.1) is 32.2 Å². The van der Waals surface area contributed by atoms with Crippen molar-refractivity contribution < 1.29 is 47.8 Å². The number of ether oxygens (including phenoxy) is 2. The third-order valence-corrected chi connectivity index (χ3v) is 9.29. The Morgan fingerprint density at radius 1 is 0.885 bits per heavy atom. The van der Waals surface area contributed by atoms with Crippen LogP contribution < -0.4 is 21.7 Å². The molecule has 2 aromatic rings. The molecule has 5 N–H and O–H groups in total. The van der Waals surface area contributed by atoms with Crippen LogP contribution in [-0.4, -0.2) is 167 Å². The van der Waals surface area contributed by atoms with Gasteiger partial charge in [-0.25, -0.2) is 0 Å². The molecule has 0 aromatic heterocycles. The normalized spacial score (nSPS) is 16.4. The largest absolute Gasteiger partial charge is 0.465 e. The molecule has 2 heterocycles. The van der Waals surface area contributed by atoms with Crippen molar-refractivity contribution in [1.82, 2.24) is 30.2 Å². The van der Waals surface area contributed by atoms with E-state index in [9.17, 15) is 38.4 Å². The molecule has 2 saturated heterocycles. The summed E-state index contributed by atoms with van der Waals surface area (Å²) in [6, 6.07) is 16.7. The van der Waals surface area contributed by atoms with Crippen LogP contribution in [0.5, 0.6) is 0 Å². The number of esters is 2. The Morgan fingerprint density at radius 2 is 1.49 bits per heavy atom. The van der Waals surface area contributed by atoms with Gasteiger partial charge in [-0.3, -0.25) is 43.4 Å². The minimum atomic E-state index is -1.02. The number of benzene rings is 2. The number of hydrogen-bond acceptors (Lipinski definition) is 13. The average molecular weight is 855 g/mol. The number of nitrogens with two attached hydrogens (primary N) is 1. The summed E-state index contributed by atoms with van der Waals surface area (Å²) in [5.74, 6) is -2.43. The molecule has 2 aliphatic heterocycles. The number of rotatable bonds is 18. The first-order chi connectivity index (χ1) is 29.1. The molecule has 2 aromatic carbocycles. The fourth-order valence-corrected chi connectivity index (χ4v) is 6.15. The van der Waals surface area contributed by atoms with Crippen LogP contribution in [0.1, 0.15) is 51.0 Å². The first-order valence-corrected chi connectivity index (χ1v) is 20.2. The zero-order valence-corrected chi connectivity index (χ0v) is 36.7. The van der Waals surface area contributed by atoms with Gasteiger partial charge in [-0.15, -0.1) is 0 Å². The lowest BCUT2D eigenvalue weighted by Gasteiger charge is -2.33. The van der Waals surface area contributed by atoms with Gasteiger partial charge in [0.2, 0.25) is 30.0 Å². The van der Waals surface area contributed by atoms with Gasteiger partial charge in [0, 0.05) is 25.7 Å². The minimum absolute atomic E-state index is 0.0189. The van der Waals surface area contributed by atoms with Crippen molar-refractivity contribution in [2.24, 2.45) is 5.73 Å². The molecule has 18 heteroatoms. The van der Waals surface area contributed by atoms with Crippen LogP contribution in [0.25, 0.3) is 0 Å². The average Bonchev–Trinajstić information content (AvgIpc) is 3.90. The molecule has 4 rings (SSSR count). The van der Waals surface area contributed by atoms with Crippen LogP contribution in [0.4, 0.5) is 5.69 Å². The van der Waals surface area contributed by atoms with Crippen LogP contribution in [0, 0.1) is 6.92 Å². The number of carbonyl (C=O) groups is 8. The fourth-order valence-electron chi connectivity index (χ4n) is 6.15. The highest BCUT2D eigenvalue weighted by molar-refractivity contribution is 5.93. The summed E-state index contributed by atoms with van der Waals surface area (Å²) in [5.41, 5.74) is 6.85. The maximum Gasteiger partial charge on any atom is 0.323 e. The predicted molar refractivity (Wildman–Crippen MR) is 231 cm³/mol. The van der Waals surface area contributed by atoms with Crippen LogP contribution >= 0.6 is 0 Å². The summed E-state index contributed by atoms with van der Waals surface area (Å²) in [6.45, 7) is 4.96. The van der Waals surface area contributed by atoms with E-state index in [1.54, 1.807) is 26.0 Å². The molecule has 2 fully saturated rings. The van der Waals surface area contributed by atoms with Gasteiger partial charge in [0.15, 0.2) is 0 Å². The molecule has 5 amide bonds. The Bertz CT molecular complexity index is 1650. The molecule has 0 aliphatic carbocycles. The number of likely N-dealkylation sites (N-methyl/N-ethyl adjacent to an activating group) is 4. The topological polar surface area (TPSA) is 230 Å². The molecule has 0 radical (unpaired) electrons. The molecule has 61 heavy (non-hydrogen) atoms. The lowest BCUT2D eigenvalue weighted by Crippen LogP contribution is -2.55. The summed E-state index contributed by atoms with van der Waals surface area (Å²) in [6.07, 6.45) is 3.91. The Labute approximate surface area is 359 Å². The second kappa shape index (κ2) is 30.3. The number of aryl methyl sites for hydroxylation is 1. The zero-order valence-electron chi connectivity index (χ0n) is 36.7. The van der Waals surface area contributed by atoms with E-state index in [1.165, 1.54) is 29.3 Å². The van der Waals surface area contributed by atoms with E-state index in [0.29, 0.717) is 32.1 Å². The quantitative estimate of drug-likeness (QED) is 0.121. The highest BCUT2D eigenvalue weighted by Gasteiger charge is 2.39. The Kier molecular flexibility index (Phi) is 26.5. The number of nitrogens with one attached hydrogen (secondary N) is 3. The molecule has 0 bridgehead atoms. The highest BCUT2D eigenvalue weighted by atomic mass is 16.5. The van der Waals surface area contributed by atoms with E-state index in [2.05, 4.69) is 35.0 Å². The van der Waals surface area contributed by atoms with Crippen molar-refractivity contribution in [3.05, 3.63) is 66.2 Å². The SMILES string of the molecule is CC(C=O)NC(=O)C(CCOC(=O)CN(C)C)N(C)C(=O)C1CCCN1C(=O)CCOC(=O)C1CCCN1C.CNCC(N)=O.Cc1ccccc1.O=CNc1ccccc1. The van der Waals surface area contributed by atoms with Crippen molar-refractivity contribution in [1.29, 1.82) is 0 Å². The number of para-hydroxylation sites is 1. The number of aldehydes is 1. The third kappa shape index (κ3) is 21.9. The van der Waals surface area contributed by atoms with E-state index >= 15 is 0 Å². The number of anilines is 1. The third-order valence-electron chi connectivity index (χ3n) is 9.29. The Balaban J connectivity index is 0.000000675. The van der Waals surface area contributed by atoms with Crippen LogP contribution in [-0.2, 0) is 47.8 Å². The molecular formula is C43H66N8O10. The monoisotopic (exact) mass is 854 g/mol. The minimum Gasteiger partial charge on any atom is -0.465 e. The number of amides is 5. The lowest BCUT2D eigenvalue weighted by molar-refractivity contribution is -0.152. The first kappa shape index (κ1) is 53.3. The zero-order chi connectivity index (χ0) is 45.7. The second-order valence-electron chi connectivity index (χ2n) is 14.7. The molecule has 18 nitrogen and oxygen atoms in total. The van der Waals surface area contributed by atoms with Gasteiger partial charge in [-0.05, 0) is 86.4 Å². The van der Waals surface area contributed by atoms with Crippen LogP contribution in [0.15, 0.2) is 60.7 Å². The number of likely N-dealkylation sites (tertiary alicyclic amines) is 2. The maximum atomic E-state index is 13.5. The van der Waals surface area contributed by atoms with E-state index < -0.39 is 35.9 Å². The smallest absolute Gasteiger partial charge is 0.323 e. The molecule has 4 unspecified atom stereocenters. The Hall–Kier alpha value is -5.72. The summed E-state index contributed by atoms with van der Waals surface area (Å²) in [7, 11) is 8.43. The predicted octanol–water partition coefficient (Wildman–Crippen LogP) is 0.971. The molecule has 2 aliphatic rings. The van der Waals surface area contributed by atoms with Gasteiger partial charge in [0.25, 0.3) is 0 Å². The van der Waals surface area contributed by atoms with Gasteiger partial charge in [-0.1, -0.05) is 54.1 Å². The summed E-state index contributed by atoms with van der Waals surface area (Å²) < 4.78 is 10.5. The molecule has 4 atom stereocenters. The summed E-state index contributed by atoms with van der Waals surface area (Å²) in [4.78, 5) is 101. The number of primary amides is 1. The van der Waals surface area contributed by atoms with Crippen molar-refractivity contribution in [2.45, 2.75) is 76.5 Å². The van der Waals surface area contributed by atoms with E-state index in [4.69, 9.17) is 15.2 Å². The number of nitrogens with zero attached hydrogens (tertiary/aromatic N) is 4. The van der Waals surface area contributed by atoms with Crippen LogP contribution in [0.2, 0.25) is 0 Å². The molecule has 0 spiro atoms. The summed E-state index contributed by atoms with van der Waals surface area (Å²) >= 11 is 0. The number of hydrogen-bond donors (Lipinski definition) is 4. The van der Waals surface area contributed by atoms with Crippen LogP contribution in [0.3, 0.4) is 0 Å². The summed E-state index contributed by atoms with van der Waals surface area (Å²) in [5, 5.41) is 7.66. The molecule has 0 saturated carbocycles. The highest BCUT2D eigenvalue weighted by Crippen LogP contribution is 2.22. The van der Waals surface area contributed by atoms with E-state index in [0.717, 1.165) is 25.1 Å². The van der Waals surface area contributed by atoms with Gasteiger partial charge in [0.1, 0.15) is 31.0 Å². The van der Waals surface area contributed by atoms with E-state index in [-0.39, 0.29) is 63.0 Å². The van der Waals surface area contributed by atoms with Crippen molar-refractivity contribution >= 4 is 54.0 Å². The van der Waals surface area contributed by atoms with Crippen molar-refractivity contribution in [3.8, 4) is 0 Å². The lowest BCUT2D eigenvalue weighted by atomic mass is 10.1. The van der Waals surface area contributed by atoms with Gasteiger partial charge in [-0.2, -0.15) is 0 Å². The first-order valence-electron chi connectivity index (χ1n) is 20.2. The maximum absolute atomic E-state index is 13.5. The second-order valence-corrected chi connectivity index (χ2v) is 14.7. The van der Waals surface area contributed by atoms with Gasteiger partial charge < -0.3 is 45.8 Å². The van der Waals surface area contributed by atoms with Crippen molar-refractivity contribution in [3.63, 3.8) is 0 Å². The number of carbonyl (C=O) groups excluding carboxylic acids is 8.